The summed E-state index contributed by atoms with van der Waals surface area (Å²) < 4.78 is 40.9. The Kier molecular flexibility index (Phi) is 6.11. The Bertz CT molecular complexity index is 1150. The third kappa shape index (κ3) is 4.59. The second-order valence-corrected chi connectivity index (χ2v) is 7.43. The molecule has 3 amide bonds. The van der Waals surface area contributed by atoms with E-state index >= 15 is 0 Å². The Morgan fingerprint density at radius 1 is 0.906 bits per heavy atom. The number of carbonyl (C=O) groups excluding carboxylic acids is 2. The lowest BCUT2D eigenvalue weighted by Gasteiger charge is -2.35. The predicted octanol–water partition coefficient (Wildman–Crippen LogP) is 5.19. The van der Waals surface area contributed by atoms with Crippen LogP contribution in [0.15, 0.2) is 66.7 Å². The Hall–Kier alpha value is -3.81. The number of hydrogen-bond acceptors (Lipinski definition) is 2. The first-order valence-corrected chi connectivity index (χ1v) is 10.1. The van der Waals surface area contributed by atoms with E-state index in [2.05, 4.69) is 5.32 Å². The molecule has 1 aliphatic heterocycles. The molecule has 1 aliphatic rings. The Morgan fingerprint density at radius 2 is 1.66 bits per heavy atom. The van der Waals surface area contributed by atoms with E-state index in [1.54, 1.807) is 35.2 Å². The zero-order valence-electron chi connectivity index (χ0n) is 17.0. The van der Waals surface area contributed by atoms with Crippen molar-refractivity contribution < 1.29 is 22.8 Å². The molecule has 8 heteroatoms. The highest BCUT2D eigenvalue weighted by molar-refractivity contribution is 6.04. The Labute approximate surface area is 183 Å². The molecule has 164 valence electrons. The summed E-state index contributed by atoms with van der Waals surface area (Å²) in [4.78, 5) is 28.3. The normalized spacial score (nSPS) is 13.9. The molecule has 3 aromatic carbocycles. The number of benzene rings is 3. The van der Waals surface area contributed by atoms with E-state index < -0.39 is 23.4 Å². The van der Waals surface area contributed by atoms with Crippen molar-refractivity contribution in [1.29, 1.82) is 0 Å². The van der Waals surface area contributed by atoms with Crippen LogP contribution in [0, 0.1) is 17.5 Å². The molecule has 4 rings (SSSR count). The van der Waals surface area contributed by atoms with Gasteiger partial charge in [0.05, 0.1) is 12.1 Å². The van der Waals surface area contributed by atoms with Gasteiger partial charge in [-0.15, -0.1) is 0 Å². The van der Waals surface area contributed by atoms with Gasteiger partial charge in [-0.1, -0.05) is 18.2 Å². The first-order valence-electron chi connectivity index (χ1n) is 10.1. The first kappa shape index (κ1) is 21.4. The number of rotatable bonds is 5. The van der Waals surface area contributed by atoms with Crippen LogP contribution in [0.4, 0.5) is 29.3 Å². The number of nitrogens with one attached hydrogen (secondary N) is 1. The van der Waals surface area contributed by atoms with Gasteiger partial charge in [-0.3, -0.25) is 9.69 Å². The van der Waals surface area contributed by atoms with E-state index in [4.69, 9.17) is 0 Å². The summed E-state index contributed by atoms with van der Waals surface area (Å²) in [6.45, 7) is 0.989. The van der Waals surface area contributed by atoms with Crippen molar-refractivity contribution in [3.8, 4) is 0 Å². The zero-order valence-corrected chi connectivity index (χ0v) is 17.0. The van der Waals surface area contributed by atoms with Gasteiger partial charge in [0, 0.05) is 36.1 Å². The summed E-state index contributed by atoms with van der Waals surface area (Å²) in [6.07, 6.45) is 0.681. The van der Waals surface area contributed by atoms with Gasteiger partial charge >= 0.3 is 6.03 Å². The summed E-state index contributed by atoms with van der Waals surface area (Å²) in [5.74, 6) is -2.54. The van der Waals surface area contributed by atoms with E-state index in [0.717, 1.165) is 6.07 Å². The summed E-state index contributed by atoms with van der Waals surface area (Å²) in [7, 11) is 0. The smallest absolute Gasteiger partial charge is 0.322 e. The summed E-state index contributed by atoms with van der Waals surface area (Å²) in [6, 6.07) is 15.3. The quantitative estimate of drug-likeness (QED) is 0.595. The van der Waals surface area contributed by atoms with Crippen LogP contribution in [0.2, 0.25) is 0 Å². The lowest BCUT2D eigenvalue weighted by atomic mass is 10.1. The number of amides is 3. The molecule has 0 aliphatic carbocycles. The number of urea groups is 1. The maximum Gasteiger partial charge on any atom is 0.324 e. The zero-order chi connectivity index (χ0) is 22.7. The van der Waals surface area contributed by atoms with Crippen LogP contribution in [0.25, 0.3) is 0 Å². The topological polar surface area (TPSA) is 52.7 Å². The fourth-order valence-corrected chi connectivity index (χ4v) is 3.59. The molecule has 1 heterocycles. The van der Waals surface area contributed by atoms with Crippen molar-refractivity contribution in [3.05, 3.63) is 95.3 Å². The number of nitrogens with zero attached hydrogens (tertiary/aromatic N) is 2. The SMILES string of the molecule is O=C(Nc1ccc(N2CCCN(Cc3ccc(F)cc3F)C2=O)cc1)c1ccccc1F. The highest BCUT2D eigenvalue weighted by Crippen LogP contribution is 2.24. The van der Waals surface area contributed by atoms with Gasteiger partial charge in [-0.2, -0.15) is 0 Å². The predicted molar refractivity (Wildman–Crippen MR) is 115 cm³/mol. The molecule has 0 atom stereocenters. The average molecular weight is 439 g/mol. The highest BCUT2D eigenvalue weighted by atomic mass is 19.1. The standard InChI is InChI=1S/C24H20F3N3O2/c25-17-7-6-16(22(27)14-17)15-29-12-3-13-30(24(29)32)19-10-8-18(9-11-19)28-23(31)20-4-1-2-5-21(20)26/h1-2,4-11,14H,3,12-13,15H2,(H,28,31). The molecule has 3 aromatic rings. The molecular weight excluding hydrogens is 419 g/mol. The lowest BCUT2D eigenvalue weighted by molar-refractivity contribution is 0.102. The maximum absolute atomic E-state index is 14.0. The lowest BCUT2D eigenvalue weighted by Crippen LogP contribution is -2.49. The highest BCUT2D eigenvalue weighted by Gasteiger charge is 2.27. The molecule has 32 heavy (non-hydrogen) atoms. The van der Waals surface area contributed by atoms with Crippen molar-refractivity contribution in [1.82, 2.24) is 4.90 Å². The summed E-state index contributed by atoms with van der Waals surface area (Å²) >= 11 is 0. The molecule has 5 nitrogen and oxygen atoms in total. The molecule has 1 N–H and O–H groups in total. The third-order valence-corrected chi connectivity index (χ3v) is 5.24. The molecule has 0 radical (unpaired) electrons. The van der Waals surface area contributed by atoms with Crippen LogP contribution in [0.3, 0.4) is 0 Å². The van der Waals surface area contributed by atoms with Gasteiger partial charge < -0.3 is 10.2 Å². The van der Waals surface area contributed by atoms with E-state index in [-0.39, 0.29) is 23.7 Å². The Balaban J connectivity index is 1.44. The van der Waals surface area contributed by atoms with E-state index in [1.165, 1.54) is 35.2 Å². The van der Waals surface area contributed by atoms with Crippen LogP contribution in [0.1, 0.15) is 22.3 Å². The first-order chi connectivity index (χ1) is 15.4. The van der Waals surface area contributed by atoms with Gasteiger partial charge in [0.2, 0.25) is 0 Å². The monoisotopic (exact) mass is 439 g/mol. The van der Waals surface area contributed by atoms with Crippen molar-refractivity contribution >= 4 is 23.3 Å². The van der Waals surface area contributed by atoms with Gasteiger partial charge in [0.15, 0.2) is 0 Å². The second-order valence-electron chi connectivity index (χ2n) is 7.43. The van der Waals surface area contributed by atoms with Crippen molar-refractivity contribution in [2.45, 2.75) is 13.0 Å². The van der Waals surface area contributed by atoms with Crippen LogP contribution in [-0.2, 0) is 6.54 Å². The van der Waals surface area contributed by atoms with E-state index in [0.29, 0.717) is 30.9 Å². The van der Waals surface area contributed by atoms with Gasteiger partial charge in [0.25, 0.3) is 5.91 Å². The molecule has 0 unspecified atom stereocenters. The average Bonchev–Trinajstić information content (AvgIpc) is 2.78. The Morgan fingerprint density at radius 3 is 2.38 bits per heavy atom. The van der Waals surface area contributed by atoms with Gasteiger partial charge in [-0.05, 0) is 48.9 Å². The molecule has 1 fully saturated rings. The molecule has 1 saturated heterocycles. The third-order valence-electron chi connectivity index (χ3n) is 5.24. The van der Waals surface area contributed by atoms with E-state index in [1.807, 2.05) is 0 Å². The second kappa shape index (κ2) is 9.13. The number of hydrogen-bond donors (Lipinski definition) is 1. The summed E-state index contributed by atoms with van der Waals surface area (Å²) in [5.41, 5.74) is 1.25. The molecular formula is C24H20F3N3O2. The minimum Gasteiger partial charge on any atom is -0.322 e. The van der Waals surface area contributed by atoms with Crippen molar-refractivity contribution in [2.24, 2.45) is 0 Å². The largest absolute Gasteiger partial charge is 0.324 e. The summed E-state index contributed by atoms with van der Waals surface area (Å²) in [5, 5.41) is 2.63. The minimum absolute atomic E-state index is 0.0399. The fraction of sp³-hybridized carbons (Fsp3) is 0.167. The van der Waals surface area contributed by atoms with Crippen LogP contribution < -0.4 is 10.2 Å². The molecule has 0 bridgehead atoms. The van der Waals surface area contributed by atoms with E-state index in [9.17, 15) is 22.8 Å². The maximum atomic E-state index is 14.0. The minimum atomic E-state index is -0.690. The van der Waals surface area contributed by atoms with Crippen molar-refractivity contribution in [2.75, 3.05) is 23.3 Å². The molecule has 0 saturated carbocycles. The number of carbonyl (C=O) groups is 2. The molecule has 0 aromatic heterocycles. The van der Waals surface area contributed by atoms with Gasteiger partial charge in [0.1, 0.15) is 17.5 Å². The number of anilines is 2. The van der Waals surface area contributed by atoms with Crippen molar-refractivity contribution in [3.63, 3.8) is 0 Å². The fourth-order valence-electron chi connectivity index (χ4n) is 3.59. The van der Waals surface area contributed by atoms with Crippen LogP contribution in [-0.4, -0.2) is 29.9 Å². The van der Waals surface area contributed by atoms with Gasteiger partial charge in [-0.25, -0.2) is 18.0 Å². The number of halogens is 3. The van der Waals surface area contributed by atoms with Crippen LogP contribution >= 0.6 is 0 Å². The van der Waals surface area contributed by atoms with Crippen LogP contribution in [0.5, 0.6) is 0 Å². The molecule has 0 spiro atoms.